The minimum absolute atomic E-state index is 0.0285. The number of benzene rings is 1. The van der Waals surface area contributed by atoms with Crippen LogP contribution in [0.3, 0.4) is 0 Å². The van der Waals surface area contributed by atoms with Gasteiger partial charge in [0.15, 0.2) is 16.6 Å². The molecule has 0 spiro atoms. The smallest absolute Gasteiger partial charge is 0.309 e. The average molecular weight is 505 g/mol. The lowest BCUT2D eigenvalue weighted by Crippen LogP contribution is -2.37. The van der Waals surface area contributed by atoms with Crippen LogP contribution in [-0.2, 0) is 16.0 Å². The number of aromatic nitrogens is 4. The summed E-state index contributed by atoms with van der Waals surface area (Å²) in [6.45, 7) is 8.03. The van der Waals surface area contributed by atoms with Gasteiger partial charge >= 0.3 is 5.97 Å². The molecule has 4 heterocycles. The van der Waals surface area contributed by atoms with E-state index in [1.165, 1.54) is 5.56 Å². The molecule has 1 fully saturated rings. The van der Waals surface area contributed by atoms with Gasteiger partial charge < -0.3 is 14.5 Å². The molecule has 1 saturated heterocycles. The van der Waals surface area contributed by atoms with E-state index in [9.17, 15) is 4.79 Å². The number of fused-ring (bicyclic) bond motifs is 1. The van der Waals surface area contributed by atoms with Gasteiger partial charge in [0.1, 0.15) is 5.82 Å². The fourth-order valence-electron chi connectivity index (χ4n) is 4.67. The Morgan fingerprint density at radius 3 is 2.56 bits per heavy atom. The fourth-order valence-corrected chi connectivity index (χ4v) is 5.47. The summed E-state index contributed by atoms with van der Waals surface area (Å²) >= 11 is 1.61. The molecule has 1 aliphatic rings. The van der Waals surface area contributed by atoms with Crippen molar-refractivity contribution in [3.8, 4) is 11.3 Å². The second-order valence-corrected chi connectivity index (χ2v) is 9.99. The molecule has 0 radical (unpaired) electrons. The standard InChI is InChI=1S/C27H32N6O2S/c1-5-21-25(31(4)27-29-22(17-36-27)19-9-7-18(3)8-10-19)33-23(28-21)11-12-24(30-33)32-15-13-20(14-16-32)26(34)35-6-2/h7-12,17,20H,5-6,13-16H2,1-4H3. The number of hydrogen-bond acceptors (Lipinski definition) is 8. The largest absolute Gasteiger partial charge is 0.466 e. The quantitative estimate of drug-likeness (QED) is 0.317. The third-order valence-corrected chi connectivity index (χ3v) is 7.64. The minimum Gasteiger partial charge on any atom is -0.466 e. The van der Waals surface area contributed by atoms with Crippen LogP contribution < -0.4 is 9.80 Å². The summed E-state index contributed by atoms with van der Waals surface area (Å²) in [6, 6.07) is 12.5. The highest BCUT2D eigenvalue weighted by atomic mass is 32.1. The van der Waals surface area contributed by atoms with Crippen LogP contribution in [0.25, 0.3) is 16.9 Å². The highest BCUT2D eigenvalue weighted by Gasteiger charge is 2.27. The number of carbonyl (C=O) groups is 1. The highest BCUT2D eigenvalue weighted by molar-refractivity contribution is 7.14. The van der Waals surface area contributed by atoms with Crippen LogP contribution in [0.5, 0.6) is 0 Å². The normalized spacial score (nSPS) is 14.4. The topological polar surface area (TPSA) is 75.9 Å². The number of carbonyl (C=O) groups excluding carboxylic acids is 1. The van der Waals surface area contributed by atoms with E-state index in [1.807, 2.05) is 30.6 Å². The number of esters is 1. The molecule has 4 aromatic rings. The van der Waals surface area contributed by atoms with Gasteiger partial charge in [-0.15, -0.1) is 16.4 Å². The Morgan fingerprint density at radius 1 is 1.11 bits per heavy atom. The molecule has 1 aromatic carbocycles. The molecule has 0 bridgehead atoms. The van der Waals surface area contributed by atoms with Crippen LogP contribution in [0.2, 0.25) is 0 Å². The van der Waals surface area contributed by atoms with E-state index in [0.717, 1.165) is 71.7 Å². The molecule has 0 amide bonds. The molecule has 0 saturated carbocycles. The lowest BCUT2D eigenvalue weighted by molar-refractivity contribution is -0.148. The maximum absolute atomic E-state index is 12.1. The summed E-state index contributed by atoms with van der Waals surface area (Å²) in [7, 11) is 2.03. The van der Waals surface area contributed by atoms with Gasteiger partial charge in [-0.3, -0.25) is 4.79 Å². The van der Waals surface area contributed by atoms with Crippen molar-refractivity contribution in [3.05, 3.63) is 53.0 Å². The first-order valence-electron chi connectivity index (χ1n) is 12.5. The average Bonchev–Trinajstić information content (AvgIpc) is 3.54. The molecule has 3 aromatic heterocycles. The third-order valence-electron chi connectivity index (χ3n) is 6.73. The summed E-state index contributed by atoms with van der Waals surface area (Å²) in [5.74, 6) is 1.71. The number of thiazole rings is 1. The zero-order valence-electron chi connectivity index (χ0n) is 21.3. The molecule has 1 aliphatic heterocycles. The first kappa shape index (κ1) is 24.2. The van der Waals surface area contributed by atoms with Crippen molar-refractivity contribution >= 4 is 39.7 Å². The summed E-state index contributed by atoms with van der Waals surface area (Å²) in [6.07, 6.45) is 2.34. The van der Waals surface area contributed by atoms with Crippen molar-refractivity contribution in [2.24, 2.45) is 5.92 Å². The molecule has 9 heteroatoms. The Balaban J connectivity index is 1.42. The number of nitrogens with zero attached hydrogens (tertiary/aromatic N) is 6. The monoisotopic (exact) mass is 504 g/mol. The molecule has 8 nitrogen and oxygen atoms in total. The number of anilines is 3. The van der Waals surface area contributed by atoms with Crippen molar-refractivity contribution in [2.45, 2.75) is 40.0 Å². The molecule has 0 aliphatic carbocycles. The van der Waals surface area contributed by atoms with E-state index >= 15 is 0 Å². The van der Waals surface area contributed by atoms with E-state index in [2.05, 4.69) is 53.3 Å². The van der Waals surface area contributed by atoms with E-state index < -0.39 is 0 Å². The van der Waals surface area contributed by atoms with Gasteiger partial charge in [-0.1, -0.05) is 36.8 Å². The van der Waals surface area contributed by atoms with Gasteiger partial charge in [-0.05, 0) is 45.2 Å². The molecule has 188 valence electrons. The SMILES string of the molecule is CCOC(=O)C1CCN(c2ccc3nc(CC)c(N(C)c4nc(-c5ccc(C)cc5)cs4)n3n2)CC1. The van der Waals surface area contributed by atoms with E-state index in [4.69, 9.17) is 19.8 Å². The number of ether oxygens (including phenoxy) is 1. The zero-order chi connectivity index (χ0) is 25.2. The van der Waals surface area contributed by atoms with E-state index in [-0.39, 0.29) is 11.9 Å². The van der Waals surface area contributed by atoms with E-state index in [1.54, 1.807) is 11.3 Å². The number of rotatable bonds is 7. The van der Waals surface area contributed by atoms with Gasteiger partial charge in [0, 0.05) is 31.1 Å². The number of aryl methyl sites for hydroxylation is 2. The molecular formula is C27H32N6O2S. The van der Waals surface area contributed by atoms with Crippen molar-refractivity contribution in [3.63, 3.8) is 0 Å². The summed E-state index contributed by atoms with van der Waals surface area (Å²) in [5, 5.41) is 7.98. The van der Waals surface area contributed by atoms with Crippen molar-refractivity contribution < 1.29 is 9.53 Å². The maximum Gasteiger partial charge on any atom is 0.309 e. The predicted octanol–water partition coefficient (Wildman–Crippen LogP) is 5.27. The van der Waals surface area contributed by atoms with Gasteiger partial charge in [0.05, 0.1) is 23.9 Å². The van der Waals surface area contributed by atoms with Crippen molar-refractivity contribution in [2.75, 3.05) is 36.5 Å². The molecule has 0 atom stereocenters. The molecule has 0 N–H and O–H groups in total. The predicted molar refractivity (Wildman–Crippen MR) is 144 cm³/mol. The van der Waals surface area contributed by atoms with Crippen LogP contribution in [0.15, 0.2) is 41.8 Å². The van der Waals surface area contributed by atoms with Gasteiger partial charge in [-0.25, -0.2) is 9.97 Å². The summed E-state index contributed by atoms with van der Waals surface area (Å²) < 4.78 is 7.15. The van der Waals surface area contributed by atoms with Crippen LogP contribution in [-0.4, -0.2) is 52.3 Å². The Morgan fingerprint density at radius 2 is 1.86 bits per heavy atom. The third kappa shape index (κ3) is 4.67. The molecule has 0 unspecified atom stereocenters. The van der Waals surface area contributed by atoms with Crippen LogP contribution in [0, 0.1) is 12.8 Å². The Bertz CT molecular complexity index is 1350. The lowest BCUT2D eigenvalue weighted by Gasteiger charge is -2.31. The lowest BCUT2D eigenvalue weighted by atomic mass is 9.97. The van der Waals surface area contributed by atoms with Crippen LogP contribution in [0.4, 0.5) is 16.8 Å². The second-order valence-electron chi connectivity index (χ2n) is 9.15. The van der Waals surface area contributed by atoms with Gasteiger partial charge in [-0.2, -0.15) is 4.52 Å². The minimum atomic E-state index is -0.0832. The van der Waals surface area contributed by atoms with Crippen LogP contribution in [0.1, 0.15) is 37.9 Å². The Labute approximate surface area is 215 Å². The van der Waals surface area contributed by atoms with Gasteiger partial charge in [0.2, 0.25) is 0 Å². The Kier molecular flexibility index (Phi) is 6.91. The maximum atomic E-state index is 12.1. The molecule has 5 rings (SSSR count). The Hall–Kier alpha value is -3.46. The second kappa shape index (κ2) is 10.3. The fraction of sp³-hybridized carbons (Fsp3) is 0.407. The number of piperidine rings is 1. The van der Waals surface area contributed by atoms with Crippen molar-refractivity contribution in [1.29, 1.82) is 0 Å². The van der Waals surface area contributed by atoms with E-state index in [0.29, 0.717) is 6.61 Å². The van der Waals surface area contributed by atoms with Crippen molar-refractivity contribution in [1.82, 2.24) is 19.6 Å². The van der Waals surface area contributed by atoms with Crippen LogP contribution >= 0.6 is 11.3 Å². The highest BCUT2D eigenvalue weighted by Crippen LogP contribution is 2.34. The first-order valence-corrected chi connectivity index (χ1v) is 13.4. The molecular weight excluding hydrogens is 472 g/mol. The summed E-state index contributed by atoms with van der Waals surface area (Å²) in [5.41, 5.74) is 5.10. The van der Waals surface area contributed by atoms with Gasteiger partial charge in [0.25, 0.3) is 0 Å². The zero-order valence-corrected chi connectivity index (χ0v) is 22.1. The first-order chi connectivity index (χ1) is 17.5. The summed E-state index contributed by atoms with van der Waals surface area (Å²) in [4.78, 5) is 26.2. The molecule has 36 heavy (non-hydrogen) atoms. The number of hydrogen-bond donors (Lipinski definition) is 0. The number of imidazole rings is 1.